The van der Waals surface area contributed by atoms with Crippen LogP contribution in [-0.4, -0.2) is 81.4 Å². The number of nitrogens with one attached hydrogen (secondary N) is 1. The van der Waals surface area contributed by atoms with Crippen molar-refractivity contribution < 1.29 is 22.6 Å². The van der Waals surface area contributed by atoms with Crippen molar-refractivity contribution in [3.05, 3.63) is 35.4 Å². The first-order valence-corrected chi connectivity index (χ1v) is 11.1. The van der Waals surface area contributed by atoms with Gasteiger partial charge in [0, 0.05) is 32.7 Å². The molecular weight excluding hydrogens is 409 g/mol. The zero-order valence-corrected chi connectivity index (χ0v) is 18.2. The highest BCUT2D eigenvalue weighted by molar-refractivity contribution is 5.80. The van der Waals surface area contributed by atoms with Gasteiger partial charge in [-0.3, -0.25) is 9.89 Å². The molecule has 0 bridgehead atoms. The van der Waals surface area contributed by atoms with Crippen LogP contribution in [0.2, 0.25) is 0 Å². The number of hydrogen-bond acceptors (Lipinski definition) is 4. The van der Waals surface area contributed by atoms with Crippen molar-refractivity contribution in [1.82, 2.24) is 15.1 Å². The van der Waals surface area contributed by atoms with Crippen LogP contribution in [0.1, 0.15) is 37.0 Å². The molecule has 0 aromatic heterocycles. The lowest BCUT2D eigenvalue weighted by Gasteiger charge is -2.35. The van der Waals surface area contributed by atoms with Crippen molar-refractivity contribution in [1.29, 1.82) is 0 Å². The number of aliphatic imine (C=N–C) groups is 1. The third-order valence-electron chi connectivity index (χ3n) is 5.53. The molecule has 2 aliphatic rings. The normalized spacial score (nSPS) is 21.4. The number of guanidine groups is 1. The number of halogens is 3. The zero-order valence-electron chi connectivity index (χ0n) is 18.2. The van der Waals surface area contributed by atoms with Crippen molar-refractivity contribution in [2.75, 3.05) is 65.6 Å². The van der Waals surface area contributed by atoms with Crippen LogP contribution in [0.5, 0.6) is 0 Å². The molecule has 1 unspecified atom stereocenters. The molecule has 1 aromatic carbocycles. The van der Waals surface area contributed by atoms with Crippen molar-refractivity contribution in [3.8, 4) is 0 Å². The van der Waals surface area contributed by atoms with E-state index in [4.69, 9.17) is 14.5 Å². The van der Waals surface area contributed by atoms with E-state index in [1.165, 1.54) is 12.1 Å². The first-order valence-electron chi connectivity index (χ1n) is 11.1. The van der Waals surface area contributed by atoms with Crippen LogP contribution < -0.4 is 5.32 Å². The predicted octanol–water partition coefficient (Wildman–Crippen LogP) is 3.16. The Balaban J connectivity index is 1.54. The Morgan fingerprint density at radius 1 is 1.16 bits per heavy atom. The molecular formula is C22H33F3N4O2. The first kappa shape index (κ1) is 23.8. The lowest BCUT2D eigenvalue weighted by Crippen LogP contribution is -2.48. The van der Waals surface area contributed by atoms with Gasteiger partial charge in [0.2, 0.25) is 0 Å². The maximum Gasteiger partial charge on any atom is 0.416 e. The predicted molar refractivity (Wildman–Crippen MR) is 114 cm³/mol. The summed E-state index contributed by atoms with van der Waals surface area (Å²) in [6.45, 7) is 9.73. The largest absolute Gasteiger partial charge is 0.416 e. The van der Waals surface area contributed by atoms with E-state index in [9.17, 15) is 13.2 Å². The number of alkyl halides is 3. The summed E-state index contributed by atoms with van der Waals surface area (Å²) in [5.41, 5.74) is -0.104. The molecule has 2 aliphatic heterocycles. The van der Waals surface area contributed by atoms with Gasteiger partial charge in [-0.05, 0) is 44.0 Å². The molecule has 1 aromatic rings. The average Bonchev–Trinajstić information content (AvgIpc) is 2.78. The number of hydrogen-bond donors (Lipinski definition) is 1. The summed E-state index contributed by atoms with van der Waals surface area (Å²) in [4.78, 5) is 9.26. The van der Waals surface area contributed by atoms with Gasteiger partial charge in [-0.15, -0.1) is 0 Å². The number of rotatable bonds is 7. The SMILES string of the molecule is CCNC(=NCCCCN1CCOCC1)N1CCOC(c2cccc(C(F)(F)F)c2)C1. The topological polar surface area (TPSA) is 49.3 Å². The molecule has 1 N–H and O–H groups in total. The minimum Gasteiger partial charge on any atom is -0.379 e. The molecule has 6 nitrogen and oxygen atoms in total. The molecule has 2 heterocycles. The molecule has 0 saturated carbocycles. The average molecular weight is 443 g/mol. The zero-order chi connectivity index (χ0) is 22.1. The van der Waals surface area contributed by atoms with E-state index < -0.39 is 17.8 Å². The van der Waals surface area contributed by atoms with E-state index in [0.29, 0.717) is 25.3 Å². The van der Waals surface area contributed by atoms with E-state index >= 15 is 0 Å². The Morgan fingerprint density at radius 2 is 1.97 bits per heavy atom. The number of benzene rings is 1. The van der Waals surface area contributed by atoms with Gasteiger partial charge in [-0.25, -0.2) is 0 Å². The first-order chi connectivity index (χ1) is 15.0. The van der Waals surface area contributed by atoms with Crippen molar-refractivity contribution >= 4 is 5.96 Å². The van der Waals surface area contributed by atoms with Gasteiger partial charge >= 0.3 is 6.18 Å². The Morgan fingerprint density at radius 3 is 2.71 bits per heavy atom. The summed E-state index contributed by atoms with van der Waals surface area (Å²) in [5.74, 6) is 0.800. The van der Waals surface area contributed by atoms with E-state index in [1.54, 1.807) is 6.07 Å². The van der Waals surface area contributed by atoms with Gasteiger partial charge < -0.3 is 19.7 Å². The van der Waals surface area contributed by atoms with Gasteiger partial charge in [-0.2, -0.15) is 13.2 Å². The Kier molecular flexibility index (Phi) is 8.98. The number of morpholine rings is 2. The van der Waals surface area contributed by atoms with Crippen LogP contribution in [-0.2, 0) is 15.7 Å². The molecule has 0 spiro atoms. The summed E-state index contributed by atoms with van der Waals surface area (Å²) in [6, 6.07) is 5.41. The van der Waals surface area contributed by atoms with E-state index in [1.807, 2.05) is 6.92 Å². The third kappa shape index (κ3) is 7.36. The van der Waals surface area contributed by atoms with Crippen LogP contribution in [0.15, 0.2) is 29.3 Å². The van der Waals surface area contributed by atoms with Crippen molar-refractivity contribution in [3.63, 3.8) is 0 Å². The minimum absolute atomic E-state index is 0.416. The van der Waals surface area contributed by atoms with Gasteiger partial charge in [0.15, 0.2) is 5.96 Å². The minimum atomic E-state index is -4.36. The summed E-state index contributed by atoms with van der Waals surface area (Å²) >= 11 is 0. The van der Waals surface area contributed by atoms with Crippen LogP contribution >= 0.6 is 0 Å². The number of ether oxygens (including phenoxy) is 2. The molecule has 2 fully saturated rings. The van der Waals surface area contributed by atoms with Crippen molar-refractivity contribution in [2.24, 2.45) is 4.99 Å². The fraction of sp³-hybridized carbons (Fsp3) is 0.682. The van der Waals surface area contributed by atoms with E-state index in [2.05, 4.69) is 15.1 Å². The summed E-state index contributed by atoms with van der Waals surface area (Å²) < 4.78 is 50.4. The second-order valence-electron chi connectivity index (χ2n) is 7.83. The van der Waals surface area contributed by atoms with Crippen LogP contribution in [0, 0.1) is 0 Å². The monoisotopic (exact) mass is 442 g/mol. The molecule has 2 saturated heterocycles. The molecule has 0 amide bonds. The smallest absolute Gasteiger partial charge is 0.379 e. The summed E-state index contributed by atoms with van der Waals surface area (Å²) in [7, 11) is 0. The highest BCUT2D eigenvalue weighted by Gasteiger charge is 2.32. The van der Waals surface area contributed by atoms with Gasteiger partial charge in [-0.1, -0.05) is 12.1 Å². The second kappa shape index (κ2) is 11.7. The highest BCUT2D eigenvalue weighted by Crippen LogP contribution is 2.32. The fourth-order valence-corrected chi connectivity index (χ4v) is 3.84. The highest BCUT2D eigenvalue weighted by atomic mass is 19.4. The Bertz CT molecular complexity index is 708. The number of nitrogens with zero attached hydrogens (tertiary/aromatic N) is 3. The van der Waals surface area contributed by atoms with E-state index in [-0.39, 0.29) is 0 Å². The van der Waals surface area contributed by atoms with Gasteiger partial charge in [0.05, 0.1) is 31.9 Å². The Labute approximate surface area is 182 Å². The molecule has 1 atom stereocenters. The molecule has 0 radical (unpaired) electrons. The molecule has 0 aliphatic carbocycles. The van der Waals surface area contributed by atoms with Crippen LogP contribution in [0.25, 0.3) is 0 Å². The molecule has 9 heteroatoms. The lowest BCUT2D eigenvalue weighted by atomic mass is 10.0. The maximum absolute atomic E-state index is 13.1. The maximum atomic E-state index is 13.1. The summed E-state index contributed by atoms with van der Waals surface area (Å²) in [5, 5.41) is 3.31. The van der Waals surface area contributed by atoms with Crippen LogP contribution in [0.3, 0.4) is 0 Å². The van der Waals surface area contributed by atoms with E-state index in [0.717, 1.165) is 70.8 Å². The molecule has 3 rings (SSSR count). The summed E-state index contributed by atoms with van der Waals surface area (Å²) in [6.07, 6.45) is -2.70. The Hall–Kier alpha value is -1.84. The van der Waals surface area contributed by atoms with Gasteiger partial charge in [0.25, 0.3) is 0 Å². The second-order valence-corrected chi connectivity index (χ2v) is 7.83. The number of unbranched alkanes of at least 4 members (excludes halogenated alkanes) is 1. The van der Waals surface area contributed by atoms with Gasteiger partial charge in [0.1, 0.15) is 6.10 Å². The molecule has 174 valence electrons. The van der Waals surface area contributed by atoms with Crippen molar-refractivity contribution in [2.45, 2.75) is 32.0 Å². The van der Waals surface area contributed by atoms with Crippen LogP contribution in [0.4, 0.5) is 13.2 Å². The standard InChI is InChI=1S/C22H33F3N4O2/c1-2-26-21(27-8-3-4-9-28-10-13-30-14-11-28)29-12-15-31-20(17-29)18-6-5-7-19(16-18)22(23,24)25/h5-7,16,20H,2-4,8-15,17H2,1H3,(H,26,27). The fourth-order valence-electron chi connectivity index (χ4n) is 3.84. The third-order valence-corrected chi connectivity index (χ3v) is 5.53. The lowest BCUT2D eigenvalue weighted by molar-refractivity contribution is -0.137. The molecule has 31 heavy (non-hydrogen) atoms. The quantitative estimate of drug-likeness (QED) is 0.399.